The highest BCUT2D eigenvalue weighted by molar-refractivity contribution is 6.15. The van der Waals surface area contributed by atoms with Crippen molar-refractivity contribution in [1.82, 2.24) is 15.7 Å². The van der Waals surface area contributed by atoms with Crippen molar-refractivity contribution in [3.8, 4) is 17.2 Å². The predicted molar refractivity (Wildman–Crippen MR) is 283 cm³/mol. The number of aryl methyl sites for hydroxylation is 2. The lowest BCUT2D eigenvalue weighted by Gasteiger charge is -2.23. The lowest BCUT2D eigenvalue weighted by molar-refractivity contribution is -0.197. The molecule has 0 spiro atoms. The maximum absolute atomic E-state index is 14.1. The fourth-order valence-electron chi connectivity index (χ4n) is 10.5. The molecule has 19 heteroatoms. The van der Waals surface area contributed by atoms with Gasteiger partial charge in [0.1, 0.15) is 19.0 Å². The number of benzene rings is 5. The first-order chi connectivity index (χ1) is 37.7. The zero-order chi connectivity index (χ0) is 54.6. The van der Waals surface area contributed by atoms with Gasteiger partial charge in [0.25, 0.3) is 23.6 Å². The molecule has 0 aliphatic carbocycles. The Kier molecular flexibility index (Phi) is 15.3. The van der Waals surface area contributed by atoms with Crippen LogP contribution in [0.3, 0.4) is 0 Å². The van der Waals surface area contributed by atoms with E-state index >= 15 is 0 Å². The summed E-state index contributed by atoms with van der Waals surface area (Å²) in [6, 6.07) is 27.9. The Bertz CT molecular complexity index is 3330. The number of nitrogens with zero attached hydrogens (tertiary/aromatic N) is 4. The van der Waals surface area contributed by atoms with Crippen LogP contribution in [0, 0.1) is 6.92 Å². The number of nitrogens with one attached hydrogen (secondary N) is 2. The molecule has 0 unspecified atom stereocenters. The third-order valence-electron chi connectivity index (χ3n) is 14.5. The molecule has 400 valence electrons. The molecule has 5 aliphatic rings. The van der Waals surface area contributed by atoms with E-state index in [1.54, 1.807) is 41.4 Å². The number of carbonyl (C=O) groups is 9. The summed E-state index contributed by atoms with van der Waals surface area (Å²) in [4.78, 5) is 128. The number of aliphatic imine (C=N–C) groups is 1. The number of hydrogen-bond acceptors (Lipinski definition) is 14. The number of hydroxylamine groups is 2. The summed E-state index contributed by atoms with van der Waals surface area (Å²) in [5.41, 5.74) is 8.53. The van der Waals surface area contributed by atoms with Crippen LogP contribution in [0.2, 0.25) is 0 Å². The molecule has 5 aromatic rings. The van der Waals surface area contributed by atoms with Crippen molar-refractivity contribution in [3.63, 3.8) is 0 Å². The van der Waals surface area contributed by atoms with Gasteiger partial charge in [0.05, 0.1) is 37.4 Å². The van der Waals surface area contributed by atoms with E-state index in [9.17, 15) is 43.2 Å². The zero-order valence-corrected chi connectivity index (χ0v) is 43.1. The van der Waals surface area contributed by atoms with Crippen LogP contribution in [0.5, 0.6) is 17.2 Å². The van der Waals surface area contributed by atoms with Gasteiger partial charge in [-0.05, 0) is 108 Å². The van der Waals surface area contributed by atoms with Crippen molar-refractivity contribution in [3.05, 3.63) is 141 Å². The Morgan fingerprint density at radius 1 is 0.641 bits per heavy atom. The van der Waals surface area contributed by atoms with E-state index in [1.165, 1.54) is 7.11 Å². The minimum absolute atomic E-state index is 0.00876. The molecular formula is C59H56N6O13. The van der Waals surface area contributed by atoms with Gasteiger partial charge in [0.2, 0.25) is 11.8 Å². The number of fused-ring (bicyclic) bond motifs is 8. The standard InChI is InChI=1S/C59H56N6O13/c1-34-21-45-46(61-30-42-26-39-8-4-6-10-48(39)64(42)59(45)74)29-50(34)76-32-35-22-36(33-77-52-27-37-11-12-41-25-38-7-3-5-9-47(38)63(41)58(73)44(37)28-51(52)75-2)24-40(23-35)49(67)14-16-54(69)62-31-43(66)13-15-53(68)60-20-19-57(72)78-65-55(70)17-18-56(65)71/h3-10,21-24,27-30,41-42H,11-20,25-26,31-33H2,1-2H3,(H,60,68)(H,62,69)/t41-,42+/m1/s1. The van der Waals surface area contributed by atoms with E-state index < -0.39 is 35.4 Å². The van der Waals surface area contributed by atoms with Gasteiger partial charge < -0.3 is 34.6 Å². The molecule has 0 radical (unpaired) electrons. The molecule has 6 amide bonds. The second-order valence-electron chi connectivity index (χ2n) is 19.8. The van der Waals surface area contributed by atoms with Gasteiger partial charge in [0, 0.05) is 92.3 Å². The van der Waals surface area contributed by atoms with Crippen LogP contribution in [-0.2, 0) is 66.1 Å². The number of methoxy groups -OCH3 is 1. The molecule has 5 aliphatic heterocycles. The number of imide groups is 1. The summed E-state index contributed by atoms with van der Waals surface area (Å²) in [5, 5.41) is 5.40. The molecule has 19 nitrogen and oxygen atoms in total. The first kappa shape index (κ1) is 52.4. The SMILES string of the molecule is COc1cc2c(cc1OCc1cc(COc3cc4c(cc3C)C(=O)N3c5ccccc5C[C@H]3C=N4)cc(C(=O)CCC(=O)NCC(=O)CCC(=O)NCCC(=O)ON3C(=O)CCC3=O)c1)CC[C@@H]1Cc3ccccc3N1C2=O. The van der Waals surface area contributed by atoms with Gasteiger partial charge in [-0.15, -0.1) is 5.06 Å². The maximum atomic E-state index is 14.1. The number of para-hydroxylation sites is 2. The van der Waals surface area contributed by atoms with Crippen LogP contribution in [0.1, 0.15) is 116 Å². The van der Waals surface area contributed by atoms with Gasteiger partial charge >= 0.3 is 5.97 Å². The lowest BCUT2D eigenvalue weighted by atomic mass is 9.99. The number of Topliss-reactive ketones (excluding diaryl/α,β-unsaturated/α-hetero) is 2. The molecule has 1 saturated heterocycles. The van der Waals surface area contributed by atoms with E-state index in [-0.39, 0.29) is 106 Å². The second-order valence-corrected chi connectivity index (χ2v) is 19.8. The van der Waals surface area contributed by atoms with Crippen LogP contribution in [0.4, 0.5) is 17.1 Å². The Morgan fingerprint density at radius 2 is 1.29 bits per heavy atom. The molecule has 0 bridgehead atoms. The van der Waals surface area contributed by atoms with Gasteiger partial charge in [-0.25, -0.2) is 4.79 Å². The molecule has 78 heavy (non-hydrogen) atoms. The normalized spacial score (nSPS) is 16.7. The van der Waals surface area contributed by atoms with Gasteiger partial charge in [-0.3, -0.25) is 48.2 Å². The number of carbonyl (C=O) groups excluding carboxylic acids is 9. The molecular weight excluding hydrogens is 1000 g/mol. The van der Waals surface area contributed by atoms with Crippen LogP contribution in [0.15, 0.2) is 96.0 Å². The Hall–Kier alpha value is -9.00. The number of rotatable bonds is 20. The first-order valence-electron chi connectivity index (χ1n) is 26.0. The third kappa shape index (κ3) is 11.3. The van der Waals surface area contributed by atoms with E-state index in [0.29, 0.717) is 68.7 Å². The predicted octanol–water partition coefficient (Wildman–Crippen LogP) is 6.51. The third-order valence-corrected chi connectivity index (χ3v) is 14.5. The van der Waals surface area contributed by atoms with Gasteiger partial charge in [0.15, 0.2) is 23.1 Å². The monoisotopic (exact) mass is 1060 g/mol. The second kappa shape index (κ2) is 22.7. The van der Waals surface area contributed by atoms with Crippen LogP contribution in [0.25, 0.3) is 0 Å². The maximum Gasteiger partial charge on any atom is 0.334 e. The van der Waals surface area contributed by atoms with Crippen molar-refractivity contribution in [2.24, 2.45) is 4.99 Å². The summed E-state index contributed by atoms with van der Waals surface area (Å²) in [6.45, 7) is 1.33. The Balaban J connectivity index is 0.792. The van der Waals surface area contributed by atoms with Crippen molar-refractivity contribution in [1.29, 1.82) is 0 Å². The van der Waals surface area contributed by atoms with Crippen molar-refractivity contribution in [2.75, 3.05) is 30.0 Å². The average Bonchev–Trinajstić information content (AvgIpc) is 4.06. The Labute approximate surface area is 448 Å². The van der Waals surface area contributed by atoms with E-state index in [0.717, 1.165) is 40.9 Å². The van der Waals surface area contributed by atoms with E-state index in [2.05, 4.69) is 16.7 Å². The highest BCUT2D eigenvalue weighted by Gasteiger charge is 2.39. The van der Waals surface area contributed by atoms with Crippen molar-refractivity contribution in [2.45, 2.75) is 103 Å². The number of hydrogen-bond donors (Lipinski definition) is 2. The summed E-state index contributed by atoms with van der Waals surface area (Å²) >= 11 is 0. The smallest absolute Gasteiger partial charge is 0.334 e. The molecule has 5 heterocycles. The topological polar surface area (TPSA) is 237 Å². The van der Waals surface area contributed by atoms with E-state index in [1.807, 2.05) is 66.4 Å². The van der Waals surface area contributed by atoms with Crippen molar-refractivity contribution >= 4 is 76.3 Å². The summed E-state index contributed by atoms with van der Waals surface area (Å²) in [7, 11) is 1.51. The highest BCUT2D eigenvalue weighted by atomic mass is 16.7. The van der Waals surface area contributed by atoms with Crippen LogP contribution >= 0.6 is 0 Å². The molecule has 10 rings (SSSR count). The number of amides is 6. The largest absolute Gasteiger partial charge is 0.493 e. The number of ether oxygens (including phenoxy) is 3. The molecule has 0 saturated carbocycles. The minimum Gasteiger partial charge on any atom is -0.493 e. The molecule has 1 fully saturated rings. The quantitative estimate of drug-likeness (QED) is 0.0626. The van der Waals surface area contributed by atoms with Crippen molar-refractivity contribution < 1.29 is 62.2 Å². The van der Waals surface area contributed by atoms with Crippen LogP contribution < -0.4 is 34.6 Å². The molecule has 0 aromatic heterocycles. The summed E-state index contributed by atoms with van der Waals surface area (Å²) in [5.74, 6) is -2.98. The van der Waals surface area contributed by atoms with Gasteiger partial charge in [-0.2, -0.15) is 0 Å². The number of ketones is 2. The average molecular weight is 1060 g/mol. The first-order valence-corrected chi connectivity index (χ1v) is 26.0. The minimum atomic E-state index is -0.881. The van der Waals surface area contributed by atoms with Crippen LogP contribution in [-0.4, -0.2) is 96.5 Å². The zero-order valence-electron chi connectivity index (χ0n) is 43.1. The fourth-order valence-corrected chi connectivity index (χ4v) is 10.5. The van der Waals surface area contributed by atoms with Gasteiger partial charge in [-0.1, -0.05) is 36.4 Å². The highest BCUT2D eigenvalue weighted by Crippen LogP contribution is 2.42. The van der Waals surface area contributed by atoms with E-state index in [4.69, 9.17) is 24.0 Å². The fraction of sp³-hybridized carbons (Fsp3) is 0.322. The summed E-state index contributed by atoms with van der Waals surface area (Å²) in [6.07, 6.45) is 3.36. The molecule has 5 aromatic carbocycles. The summed E-state index contributed by atoms with van der Waals surface area (Å²) < 4.78 is 18.7. The number of anilines is 2. The molecule has 2 atom stereocenters. The molecule has 2 N–H and O–H groups in total. The lowest BCUT2D eigenvalue weighted by Crippen LogP contribution is -2.37. The Morgan fingerprint density at radius 3 is 2.03 bits per heavy atom.